The summed E-state index contributed by atoms with van der Waals surface area (Å²) in [7, 11) is 0. The lowest BCUT2D eigenvalue weighted by molar-refractivity contribution is -0.118. The summed E-state index contributed by atoms with van der Waals surface area (Å²) in [5.41, 5.74) is 1.34. The molecule has 3 rings (SSSR count). The van der Waals surface area contributed by atoms with Crippen molar-refractivity contribution in [1.29, 1.82) is 0 Å². The Balaban J connectivity index is 1.71. The van der Waals surface area contributed by atoms with E-state index in [0.29, 0.717) is 16.9 Å². The smallest absolute Gasteiger partial charge is 0.227 e. The summed E-state index contributed by atoms with van der Waals surface area (Å²) in [6.45, 7) is 0. The fourth-order valence-electron chi connectivity index (χ4n) is 2.39. The molecular weight excluding hydrogens is 309 g/mol. The van der Waals surface area contributed by atoms with E-state index in [1.54, 1.807) is 42.5 Å². The summed E-state index contributed by atoms with van der Waals surface area (Å²) in [6.07, 6.45) is 0.421. The minimum Gasteiger partial charge on any atom is -0.464 e. The number of benzene rings is 2. The Hall–Kier alpha value is -2.92. The minimum absolute atomic E-state index is 0.0501. The van der Waals surface area contributed by atoms with Crippen LogP contribution < -0.4 is 5.32 Å². The highest BCUT2D eigenvalue weighted by atomic mass is 19.1. The van der Waals surface area contributed by atoms with Crippen LogP contribution in [0.3, 0.4) is 0 Å². The van der Waals surface area contributed by atoms with Gasteiger partial charge in [-0.15, -0.1) is 0 Å². The van der Waals surface area contributed by atoms with Gasteiger partial charge in [-0.3, -0.25) is 4.79 Å². The van der Waals surface area contributed by atoms with Gasteiger partial charge >= 0.3 is 0 Å². The van der Waals surface area contributed by atoms with Crippen molar-refractivity contribution in [2.45, 2.75) is 12.5 Å². The highest BCUT2D eigenvalue weighted by Gasteiger charge is 2.15. The molecule has 4 nitrogen and oxygen atoms in total. The number of aliphatic hydroxyl groups excluding tert-OH is 1. The van der Waals surface area contributed by atoms with Crippen LogP contribution in [0.15, 0.2) is 71.3 Å². The Morgan fingerprint density at radius 2 is 1.92 bits per heavy atom. The van der Waals surface area contributed by atoms with Crippen molar-refractivity contribution in [3.63, 3.8) is 0 Å². The molecule has 0 aliphatic carbocycles. The zero-order valence-electron chi connectivity index (χ0n) is 12.8. The van der Waals surface area contributed by atoms with Crippen LogP contribution in [0.2, 0.25) is 0 Å². The van der Waals surface area contributed by atoms with Gasteiger partial charge in [-0.05, 0) is 35.9 Å². The highest BCUT2D eigenvalue weighted by Crippen LogP contribution is 2.26. The molecule has 1 atom stereocenters. The van der Waals surface area contributed by atoms with Gasteiger partial charge in [-0.1, -0.05) is 30.3 Å². The molecule has 0 aliphatic heterocycles. The number of nitrogens with one attached hydrogen (secondary N) is 1. The van der Waals surface area contributed by atoms with Crippen LogP contribution in [-0.4, -0.2) is 11.0 Å². The van der Waals surface area contributed by atoms with Gasteiger partial charge in [-0.2, -0.15) is 0 Å². The average Bonchev–Trinajstić information content (AvgIpc) is 3.12. The molecule has 0 aliphatic rings. The van der Waals surface area contributed by atoms with Gasteiger partial charge in [0, 0.05) is 5.56 Å². The van der Waals surface area contributed by atoms with Gasteiger partial charge in [0.15, 0.2) is 0 Å². The molecule has 1 unspecified atom stereocenters. The summed E-state index contributed by atoms with van der Waals surface area (Å²) in [6, 6.07) is 16.7. The molecule has 0 fully saturated rings. The first-order valence-corrected chi connectivity index (χ1v) is 7.50. The van der Waals surface area contributed by atoms with E-state index in [9.17, 15) is 14.3 Å². The number of furan rings is 1. The number of hydrogen-bond acceptors (Lipinski definition) is 3. The maximum absolute atomic E-state index is 13.9. The molecule has 5 heteroatoms. The van der Waals surface area contributed by atoms with Crippen LogP contribution in [0, 0.1) is 5.82 Å². The lowest BCUT2D eigenvalue weighted by atomic mass is 10.1. The quantitative estimate of drug-likeness (QED) is 0.741. The number of halogens is 1. The second kappa shape index (κ2) is 7.10. The zero-order chi connectivity index (χ0) is 16.9. The van der Waals surface area contributed by atoms with Crippen molar-refractivity contribution < 1.29 is 18.7 Å². The molecule has 122 valence electrons. The van der Waals surface area contributed by atoms with Crippen LogP contribution in [0.25, 0.3) is 11.3 Å². The molecule has 24 heavy (non-hydrogen) atoms. The van der Waals surface area contributed by atoms with E-state index in [0.717, 1.165) is 0 Å². The van der Waals surface area contributed by atoms with Gasteiger partial charge in [-0.25, -0.2) is 4.39 Å². The number of amides is 1. The maximum atomic E-state index is 13.9. The van der Waals surface area contributed by atoms with Gasteiger partial charge in [0.05, 0.1) is 24.5 Å². The van der Waals surface area contributed by atoms with Crippen LogP contribution in [-0.2, 0) is 4.79 Å². The topological polar surface area (TPSA) is 62.5 Å². The van der Waals surface area contributed by atoms with Crippen molar-refractivity contribution in [1.82, 2.24) is 0 Å². The summed E-state index contributed by atoms with van der Waals surface area (Å²) < 4.78 is 19.2. The number of anilines is 1. The number of rotatable bonds is 5. The van der Waals surface area contributed by atoms with Crippen LogP contribution in [0.5, 0.6) is 0 Å². The molecule has 1 aromatic heterocycles. The SMILES string of the molecule is O=C(CC(O)c1ccccc1)Nc1cc(-c2ccco2)ccc1F. The predicted molar refractivity (Wildman–Crippen MR) is 88.8 cm³/mol. The van der Waals surface area contributed by atoms with Gasteiger partial charge in [0.25, 0.3) is 0 Å². The molecule has 3 aromatic rings. The molecule has 1 heterocycles. The molecule has 1 amide bonds. The third-order valence-electron chi connectivity index (χ3n) is 3.61. The molecule has 0 spiro atoms. The van der Waals surface area contributed by atoms with Gasteiger partial charge < -0.3 is 14.8 Å². The fourth-order valence-corrected chi connectivity index (χ4v) is 2.39. The van der Waals surface area contributed by atoms with Crippen LogP contribution in [0.1, 0.15) is 18.1 Å². The first-order chi connectivity index (χ1) is 11.6. The van der Waals surface area contributed by atoms with E-state index < -0.39 is 17.8 Å². The lowest BCUT2D eigenvalue weighted by Gasteiger charge is -2.12. The average molecular weight is 325 g/mol. The zero-order valence-corrected chi connectivity index (χ0v) is 12.8. The Morgan fingerprint density at radius 1 is 1.12 bits per heavy atom. The van der Waals surface area contributed by atoms with E-state index in [1.165, 1.54) is 18.4 Å². The first-order valence-electron chi connectivity index (χ1n) is 7.50. The van der Waals surface area contributed by atoms with Crippen molar-refractivity contribution in [2.24, 2.45) is 0 Å². The van der Waals surface area contributed by atoms with E-state index in [1.807, 2.05) is 6.07 Å². The molecule has 0 bridgehead atoms. The van der Waals surface area contributed by atoms with Crippen molar-refractivity contribution in [2.75, 3.05) is 5.32 Å². The second-order valence-electron chi connectivity index (χ2n) is 5.35. The van der Waals surface area contributed by atoms with E-state index in [2.05, 4.69) is 5.32 Å². The number of aliphatic hydroxyl groups is 1. The fraction of sp³-hybridized carbons (Fsp3) is 0.105. The minimum atomic E-state index is -0.942. The number of hydrogen-bond donors (Lipinski definition) is 2. The van der Waals surface area contributed by atoms with Crippen molar-refractivity contribution in [3.8, 4) is 11.3 Å². The monoisotopic (exact) mass is 325 g/mol. The lowest BCUT2D eigenvalue weighted by Crippen LogP contribution is -2.16. The summed E-state index contributed by atoms with van der Waals surface area (Å²) >= 11 is 0. The second-order valence-corrected chi connectivity index (χ2v) is 5.35. The predicted octanol–water partition coefficient (Wildman–Crippen LogP) is 4.15. The molecule has 2 aromatic carbocycles. The van der Waals surface area contributed by atoms with Crippen LogP contribution >= 0.6 is 0 Å². The van der Waals surface area contributed by atoms with E-state index >= 15 is 0 Å². The van der Waals surface area contributed by atoms with Crippen molar-refractivity contribution >= 4 is 11.6 Å². The maximum Gasteiger partial charge on any atom is 0.227 e. The largest absolute Gasteiger partial charge is 0.464 e. The standard InChI is InChI=1S/C19H16FNO3/c20-15-9-8-14(18-7-4-10-24-18)11-16(15)21-19(23)12-17(22)13-5-2-1-3-6-13/h1-11,17,22H,12H2,(H,21,23). The molecule has 2 N–H and O–H groups in total. The highest BCUT2D eigenvalue weighted by molar-refractivity contribution is 5.92. The van der Waals surface area contributed by atoms with Gasteiger partial charge in [0.2, 0.25) is 5.91 Å². The molecule has 0 saturated heterocycles. The van der Waals surface area contributed by atoms with Crippen LogP contribution in [0.4, 0.5) is 10.1 Å². The molecular formula is C19H16FNO3. The normalized spacial score (nSPS) is 11.9. The Labute approximate surface area is 138 Å². The summed E-state index contributed by atoms with van der Waals surface area (Å²) in [4.78, 5) is 12.1. The Bertz CT molecular complexity index is 816. The Kier molecular flexibility index (Phi) is 4.72. The van der Waals surface area contributed by atoms with E-state index in [-0.39, 0.29) is 12.1 Å². The molecule has 0 radical (unpaired) electrons. The Morgan fingerprint density at radius 3 is 2.62 bits per heavy atom. The third kappa shape index (κ3) is 3.70. The first kappa shape index (κ1) is 16.0. The van der Waals surface area contributed by atoms with E-state index in [4.69, 9.17) is 4.42 Å². The third-order valence-corrected chi connectivity index (χ3v) is 3.61. The summed E-state index contributed by atoms with van der Waals surface area (Å²) in [5, 5.41) is 12.6. The summed E-state index contributed by atoms with van der Waals surface area (Å²) in [5.74, 6) is -0.440. The van der Waals surface area contributed by atoms with Gasteiger partial charge in [0.1, 0.15) is 11.6 Å². The van der Waals surface area contributed by atoms with Crippen molar-refractivity contribution in [3.05, 3.63) is 78.3 Å². The molecule has 0 saturated carbocycles. The number of carbonyl (C=O) groups is 1. The number of carbonyl (C=O) groups excluding carboxylic acids is 1.